The van der Waals surface area contributed by atoms with Crippen molar-refractivity contribution in [1.82, 2.24) is 5.32 Å². The molecule has 3 aliphatic carbocycles. The number of halogens is 1. The first-order chi connectivity index (χ1) is 9.31. The Morgan fingerprint density at radius 1 is 1.11 bits per heavy atom. The summed E-state index contributed by atoms with van der Waals surface area (Å²) in [5.41, 5.74) is 1.40. The van der Waals surface area contributed by atoms with E-state index in [1.54, 1.807) is 0 Å². The Bertz CT molecular complexity index is 472. The minimum absolute atomic E-state index is 0.795. The van der Waals surface area contributed by atoms with E-state index >= 15 is 0 Å². The summed E-state index contributed by atoms with van der Waals surface area (Å²) < 4.78 is 1.19. The maximum Gasteiger partial charge on any atom is 0.0208 e. The van der Waals surface area contributed by atoms with Crippen LogP contribution >= 0.6 is 15.9 Å². The Morgan fingerprint density at radius 3 is 2.89 bits per heavy atom. The van der Waals surface area contributed by atoms with Crippen molar-refractivity contribution in [3.05, 3.63) is 34.3 Å². The highest BCUT2D eigenvalue weighted by atomic mass is 79.9. The molecule has 102 valence electrons. The number of hydrogen-bond acceptors (Lipinski definition) is 1. The van der Waals surface area contributed by atoms with Gasteiger partial charge in [0.25, 0.3) is 0 Å². The minimum Gasteiger partial charge on any atom is -0.310 e. The van der Waals surface area contributed by atoms with E-state index in [0.717, 1.165) is 36.3 Å². The minimum atomic E-state index is 0.795. The molecule has 2 bridgehead atoms. The average Bonchev–Trinajstić information content (AvgIpc) is 3.08. The largest absolute Gasteiger partial charge is 0.310 e. The normalized spacial score (nSPS) is 39.7. The van der Waals surface area contributed by atoms with Crippen molar-refractivity contribution in [3.63, 3.8) is 0 Å². The molecule has 0 aliphatic heterocycles. The molecule has 1 aromatic rings. The van der Waals surface area contributed by atoms with Gasteiger partial charge >= 0.3 is 0 Å². The van der Waals surface area contributed by atoms with Crippen molar-refractivity contribution < 1.29 is 0 Å². The first-order valence-corrected chi connectivity index (χ1v) is 8.58. The van der Waals surface area contributed by atoms with E-state index in [1.165, 1.54) is 42.1 Å². The third kappa shape index (κ3) is 2.17. The SMILES string of the molecule is Brc1cccc(CNC2CC3CC2C2CCCC32)c1. The Hall–Kier alpha value is -0.340. The van der Waals surface area contributed by atoms with Crippen molar-refractivity contribution >= 4 is 15.9 Å². The zero-order valence-electron chi connectivity index (χ0n) is 11.3. The van der Waals surface area contributed by atoms with Crippen LogP contribution < -0.4 is 5.32 Å². The molecule has 19 heavy (non-hydrogen) atoms. The van der Waals surface area contributed by atoms with E-state index in [9.17, 15) is 0 Å². The topological polar surface area (TPSA) is 12.0 Å². The number of benzene rings is 1. The van der Waals surface area contributed by atoms with Gasteiger partial charge in [-0.15, -0.1) is 0 Å². The van der Waals surface area contributed by atoms with Gasteiger partial charge in [0.1, 0.15) is 0 Å². The van der Waals surface area contributed by atoms with Crippen LogP contribution in [0.5, 0.6) is 0 Å². The molecule has 0 saturated heterocycles. The van der Waals surface area contributed by atoms with Crippen LogP contribution in [0.4, 0.5) is 0 Å². The predicted octanol–water partition coefficient (Wildman–Crippen LogP) is 4.36. The molecule has 1 nitrogen and oxygen atoms in total. The van der Waals surface area contributed by atoms with E-state index in [-0.39, 0.29) is 0 Å². The van der Waals surface area contributed by atoms with Crippen LogP contribution in [0.3, 0.4) is 0 Å². The van der Waals surface area contributed by atoms with Crippen LogP contribution in [0, 0.1) is 23.7 Å². The maximum absolute atomic E-state index is 3.85. The van der Waals surface area contributed by atoms with Crippen molar-refractivity contribution in [3.8, 4) is 0 Å². The lowest BCUT2D eigenvalue weighted by Crippen LogP contribution is -2.38. The van der Waals surface area contributed by atoms with Crippen molar-refractivity contribution in [2.45, 2.75) is 44.7 Å². The Kier molecular flexibility index (Phi) is 3.19. The third-order valence-electron chi connectivity index (χ3n) is 5.89. The van der Waals surface area contributed by atoms with Gasteiger partial charge in [0.15, 0.2) is 0 Å². The Balaban J connectivity index is 1.40. The van der Waals surface area contributed by atoms with Crippen molar-refractivity contribution in [1.29, 1.82) is 0 Å². The molecule has 5 unspecified atom stereocenters. The first-order valence-electron chi connectivity index (χ1n) is 7.79. The van der Waals surface area contributed by atoms with E-state index in [2.05, 4.69) is 45.5 Å². The van der Waals surface area contributed by atoms with E-state index in [1.807, 2.05) is 0 Å². The summed E-state index contributed by atoms with van der Waals surface area (Å²) >= 11 is 3.56. The van der Waals surface area contributed by atoms with E-state index < -0.39 is 0 Å². The second kappa shape index (κ2) is 4.89. The first kappa shape index (κ1) is 12.4. The highest BCUT2D eigenvalue weighted by molar-refractivity contribution is 9.10. The summed E-state index contributed by atoms with van der Waals surface area (Å²) in [6, 6.07) is 9.49. The lowest BCUT2D eigenvalue weighted by atomic mass is 9.79. The fourth-order valence-corrected chi connectivity index (χ4v) is 5.65. The number of rotatable bonds is 3. The van der Waals surface area contributed by atoms with Gasteiger partial charge in [-0.05, 0) is 67.1 Å². The molecule has 5 atom stereocenters. The van der Waals surface area contributed by atoms with Gasteiger partial charge < -0.3 is 5.32 Å². The predicted molar refractivity (Wildman–Crippen MR) is 81.8 cm³/mol. The molecule has 3 aliphatic rings. The van der Waals surface area contributed by atoms with Gasteiger partial charge in [-0.2, -0.15) is 0 Å². The molecule has 0 aromatic heterocycles. The zero-order valence-corrected chi connectivity index (χ0v) is 12.9. The Labute approximate surface area is 124 Å². The molecule has 4 rings (SSSR count). The van der Waals surface area contributed by atoms with Crippen LogP contribution in [-0.4, -0.2) is 6.04 Å². The summed E-state index contributed by atoms with van der Waals surface area (Å²) in [6.45, 7) is 1.03. The van der Waals surface area contributed by atoms with Gasteiger partial charge in [0, 0.05) is 17.1 Å². The fourth-order valence-electron chi connectivity index (χ4n) is 5.20. The molecular formula is C17H22BrN. The second-order valence-electron chi connectivity index (χ2n) is 6.77. The van der Waals surface area contributed by atoms with Crippen LogP contribution in [0.1, 0.15) is 37.7 Å². The lowest BCUT2D eigenvalue weighted by molar-refractivity contribution is 0.208. The molecule has 0 radical (unpaired) electrons. The molecule has 2 heteroatoms. The van der Waals surface area contributed by atoms with Crippen LogP contribution in [0.25, 0.3) is 0 Å². The van der Waals surface area contributed by atoms with Crippen LogP contribution in [-0.2, 0) is 6.54 Å². The summed E-state index contributed by atoms with van der Waals surface area (Å²) in [6.07, 6.45) is 7.51. The van der Waals surface area contributed by atoms with Gasteiger partial charge in [-0.25, -0.2) is 0 Å². The number of hydrogen-bond donors (Lipinski definition) is 1. The molecule has 1 N–H and O–H groups in total. The molecule has 3 fully saturated rings. The summed E-state index contributed by atoms with van der Waals surface area (Å²) in [4.78, 5) is 0. The summed E-state index contributed by atoms with van der Waals surface area (Å²) in [5.74, 6) is 4.22. The van der Waals surface area contributed by atoms with Gasteiger partial charge in [0.2, 0.25) is 0 Å². The summed E-state index contributed by atoms with van der Waals surface area (Å²) in [7, 11) is 0. The third-order valence-corrected chi connectivity index (χ3v) is 6.38. The quantitative estimate of drug-likeness (QED) is 0.872. The molecular weight excluding hydrogens is 298 g/mol. The lowest BCUT2D eigenvalue weighted by Gasteiger charge is -2.32. The highest BCUT2D eigenvalue weighted by Gasteiger charge is 2.53. The van der Waals surface area contributed by atoms with Crippen molar-refractivity contribution in [2.75, 3.05) is 0 Å². The van der Waals surface area contributed by atoms with Crippen LogP contribution in [0.15, 0.2) is 28.7 Å². The monoisotopic (exact) mass is 319 g/mol. The van der Waals surface area contributed by atoms with E-state index in [4.69, 9.17) is 0 Å². The van der Waals surface area contributed by atoms with Crippen LogP contribution in [0.2, 0.25) is 0 Å². The fraction of sp³-hybridized carbons (Fsp3) is 0.647. The summed E-state index contributed by atoms with van der Waals surface area (Å²) in [5, 5.41) is 3.85. The Morgan fingerprint density at radius 2 is 2.00 bits per heavy atom. The molecule has 0 heterocycles. The number of fused-ring (bicyclic) bond motifs is 5. The molecule has 0 amide bonds. The standard InChI is InChI=1S/C17H22BrN/c18-13-4-1-3-11(7-13)10-19-17-9-12-8-16(17)15-6-2-5-14(12)15/h1,3-4,7,12,14-17,19H,2,5-6,8-10H2. The molecule has 0 spiro atoms. The van der Waals surface area contributed by atoms with Gasteiger partial charge in [0.05, 0.1) is 0 Å². The highest BCUT2D eigenvalue weighted by Crippen LogP contribution is 2.58. The second-order valence-corrected chi connectivity index (χ2v) is 7.69. The molecule has 3 saturated carbocycles. The zero-order chi connectivity index (χ0) is 12.8. The van der Waals surface area contributed by atoms with Gasteiger partial charge in [-0.3, -0.25) is 0 Å². The smallest absolute Gasteiger partial charge is 0.0208 e. The van der Waals surface area contributed by atoms with E-state index in [0.29, 0.717) is 0 Å². The average molecular weight is 320 g/mol. The van der Waals surface area contributed by atoms with Crippen molar-refractivity contribution in [2.24, 2.45) is 23.7 Å². The maximum atomic E-state index is 3.85. The molecule has 1 aromatic carbocycles. The number of nitrogens with one attached hydrogen (secondary N) is 1. The van der Waals surface area contributed by atoms with Gasteiger partial charge in [-0.1, -0.05) is 34.5 Å².